The molecule has 8 heteroatoms. The van der Waals surface area contributed by atoms with E-state index in [2.05, 4.69) is 39.9 Å². The average molecular weight is 400 g/mol. The third kappa shape index (κ3) is 4.23. The van der Waals surface area contributed by atoms with Gasteiger partial charge in [-0.05, 0) is 49.2 Å². The van der Waals surface area contributed by atoms with Crippen LogP contribution in [0.3, 0.4) is 0 Å². The van der Waals surface area contributed by atoms with E-state index in [0.717, 1.165) is 12.1 Å². The van der Waals surface area contributed by atoms with Crippen LogP contribution in [-0.2, 0) is 17.1 Å². The number of benzene rings is 1. The number of hydrogen-bond donors (Lipinski definition) is 2. The first-order valence-corrected chi connectivity index (χ1v) is 10.6. The summed E-state index contributed by atoms with van der Waals surface area (Å²) >= 11 is 0. The molecule has 0 saturated heterocycles. The second-order valence-corrected chi connectivity index (χ2v) is 8.64. The first-order chi connectivity index (χ1) is 13.3. The molecule has 0 spiro atoms. The first-order valence-electron chi connectivity index (χ1n) is 9.13. The van der Waals surface area contributed by atoms with E-state index in [1.165, 1.54) is 12.6 Å². The molecule has 3 aromatic rings. The molecule has 0 aliphatic rings. The zero-order chi connectivity index (χ0) is 20.3. The van der Waals surface area contributed by atoms with Crippen molar-refractivity contribution in [2.24, 2.45) is 7.05 Å². The molecule has 1 aromatic carbocycles. The Balaban J connectivity index is 2.00. The minimum absolute atomic E-state index is 0.182. The molecule has 1 unspecified atom stereocenters. The van der Waals surface area contributed by atoms with Gasteiger partial charge in [0, 0.05) is 30.7 Å². The van der Waals surface area contributed by atoms with Crippen LogP contribution in [0.4, 0.5) is 11.5 Å². The van der Waals surface area contributed by atoms with Crippen LogP contribution < -0.4 is 10.0 Å². The predicted octanol–water partition coefficient (Wildman–Crippen LogP) is 3.65. The summed E-state index contributed by atoms with van der Waals surface area (Å²) in [6, 6.07) is 8.91. The number of nitrogens with one attached hydrogen (secondary N) is 2. The van der Waals surface area contributed by atoms with Gasteiger partial charge in [-0.15, -0.1) is 0 Å². The summed E-state index contributed by atoms with van der Waals surface area (Å²) in [6.07, 6.45) is 6.45. The van der Waals surface area contributed by atoms with Crippen molar-refractivity contribution in [2.75, 3.05) is 12.4 Å². The Kier molecular flexibility index (Phi) is 5.81. The number of rotatable bonds is 7. The second-order valence-electron chi connectivity index (χ2n) is 6.75. The lowest BCUT2D eigenvalue weighted by molar-refractivity contribution is 0.588. The van der Waals surface area contributed by atoms with E-state index in [1.54, 1.807) is 24.5 Å². The van der Waals surface area contributed by atoms with E-state index >= 15 is 0 Å². The number of aryl methyl sites for hydroxylation is 1. The summed E-state index contributed by atoms with van der Waals surface area (Å²) in [7, 11) is -0.296. The average Bonchev–Trinajstić information content (AvgIpc) is 3.14. The Bertz CT molecular complexity index is 1060. The Labute approximate surface area is 165 Å². The van der Waals surface area contributed by atoms with Crippen molar-refractivity contribution in [1.82, 2.24) is 19.3 Å². The van der Waals surface area contributed by atoms with Crippen LogP contribution in [0.25, 0.3) is 11.3 Å². The molecule has 1 atom stereocenters. The molecule has 7 nitrogen and oxygen atoms in total. The molecule has 0 bridgehead atoms. The maximum absolute atomic E-state index is 12.2. The second kappa shape index (κ2) is 8.12. The summed E-state index contributed by atoms with van der Waals surface area (Å²) in [6.45, 7) is 4.32. The Morgan fingerprint density at radius 3 is 2.54 bits per heavy atom. The molecule has 2 aromatic heterocycles. The van der Waals surface area contributed by atoms with Crippen LogP contribution in [0.15, 0.2) is 53.9 Å². The largest absolute Gasteiger partial charge is 0.340 e. The summed E-state index contributed by atoms with van der Waals surface area (Å²) < 4.78 is 28.6. The van der Waals surface area contributed by atoms with Crippen molar-refractivity contribution in [2.45, 2.75) is 31.1 Å². The van der Waals surface area contributed by atoms with Gasteiger partial charge in [-0.25, -0.2) is 23.1 Å². The summed E-state index contributed by atoms with van der Waals surface area (Å²) in [4.78, 5) is 9.06. The van der Waals surface area contributed by atoms with Gasteiger partial charge in [0.25, 0.3) is 0 Å². The number of aromatic nitrogens is 3. The minimum atomic E-state index is -3.56. The lowest BCUT2D eigenvalue weighted by Gasteiger charge is -2.14. The van der Waals surface area contributed by atoms with Crippen molar-refractivity contribution in [1.29, 1.82) is 0 Å². The van der Waals surface area contributed by atoms with E-state index in [9.17, 15) is 8.42 Å². The Morgan fingerprint density at radius 1 is 1.18 bits per heavy atom. The van der Waals surface area contributed by atoms with Crippen molar-refractivity contribution in [3.63, 3.8) is 0 Å². The molecule has 0 aliphatic carbocycles. The molecular formula is C20H25N5O2S. The van der Waals surface area contributed by atoms with E-state index in [4.69, 9.17) is 0 Å². The quantitative estimate of drug-likeness (QED) is 0.633. The predicted molar refractivity (Wildman–Crippen MR) is 111 cm³/mol. The fourth-order valence-electron chi connectivity index (χ4n) is 2.83. The van der Waals surface area contributed by atoms with Gasteiger partial charge in [-0.1, -0.05) is 19.9 Å². The number of nitrogens with zero attached hydrogens (tertiary/aromatic N) is 3. The van der Waals surface area contributed by atoms with Crippen molar-refractivity contribution >= 4 is 21.5 Å². The van der Waals surface area contributed by atoms with Gasteiger partial charge in [0.05, 0.1) is 16.9 Å². The molecule has 0 radical (unpaired) electrons. The fourth-order valence-corrected chi connectivity index (χ4v) is 3.58. The maximum Gasteiger partial charge on any atom is 0.240 e. The number of hydrogen-bond acceptors (Lipinski definition) is 5. The molecule has 2 heterocycles. The van der Waals surface area contributed by atoms with E-state index < -0.39 is 10.0 Å². The highest BCUT2D eigenvalue weighted by atomic mass is 32.2. The Hall–Kier alpha value is -2.71. The molecule has 28 heavy (non-hydrogen) atoms. The van der Waals surface area contributed by atoms with Crippen molar-refractivity contribution < 1.29 is 8.42 Å². The van der Waals surface area contributed by atoms with Crippen LogP contribution in [-0.4, -0.2) is 30.0 Å². The van der Waals surface area contributed by atoms with Gasteiger partial charge in [0.15, 0.2) is 0 Å². The lowest BCUT2D eigenvalue weighted by Crippen LogP contribution is -2.18. The molecule has 2 N–H and O–H groups in total. The van der Waals surface area contributed by atoms with Gasteiger partial charge >= 0.3 is 0 Å². The van der Waals surface area contributed by atoms with E-state index in [0.29, 0.717) is 23.0 Å². The minimum Gasteiger partial charge on any atom is -0.340 e. The molecular weight excluding hydrogens is 374 g/mol. The van der Waals surface area contributed by atoms with Crippen LogP contribution >= 0.6 is 0 Å². The van der Waals surface area contributed by atoms with Gasteiger partial charge in [0.2, 0.25) is 10.0 Å². The van der Waals surface area contributed by atoms with Crippen LogP contribution in [0.1, 0.15) is 31.7 Å². The Morgan fingerprint density at radius 2 is 1.96 bits per heavy atom. The normalized spacial score (nSPS) is 12.7. The summed E-state index contributed by atoms with van der Waals surface area (Å²) in [5.74, 6) is 1.14. The molecule has 0 aliphatic heterocycles. The van der Waals surface area contributed by atoms with Crippen LogP contribution in [0.5, 0.6) is 0 Å². The maximum atomic E-state index is 12.2. The third-order valence-corrected chi connectivity index (χ3v) is 6.19. The number of sulfonamides is 1. The SMILES string of the molecule is CCC(C)c1ccc(Nc2ccc(S(=O)(=O)NC)cc2-c2cn(C)cn2)nc1. The molecule has 148 valence electrons. The number of pyridine rings is 1. The molecule has 0 saturated carbocycles. The summed E-state index contributed by atoms with van der Waals surface area (Å²) in [5.41, 5.74) is 3.28. The lowest BCUT2D eigenvalue weighted by atomic mass is 10.0. The highest BCUT2D eigenvalue weighted by Crippen LogP contribution is 2.31. The van der Waals surface area contributed by atoms with E-state index in [-0.39, 0.29) is 4.90 Å². The highest BCUT2D eigenvalue weighted by molar-refractivity contribution is 7.89. The zero-order valence-electron chi connectivity index (χ0n) is 16.5. The van der Waals surface area contributed by atoms with Gasteiger partial charge in [0.1, 0.15) is 5.82 Å². The number of imidazole rings is 1. The van der Waals surface area contributed by atoms with Crippen LogP contribution in [0.2, 0.25) is 0 Å². The number of anilines is 2. The molecule has 0 amide bonds. The molecule has 0 fully saturated rings. The van der Waals surface area contributed by atoms with Gasteiger partial charge in [-0.3, -0.25) is 0 Å². The zero-order valence-corrected chi connectivity index (χ0v) is 17.3. The highest BCUT2D eigenvalue weighted by Gasteiger charge is 2.17. The van der Waals surface area contributed by atoms with E-state index in [1.807, 2.05) is 30.1 Å². The first kappa shape index (κ1) is 20.0. The third-order valence-electron chi connectivity index (χ3n) is 4.78. The van der Waals surface area contributed by atoms with Crippen molar-refractivity contribution in [3.8, 4) is 11.3 Å². The molecule has 3 rings (SSSR count). The van der Waals surface area contributed by atoms with Gasteiger partial charge < -0.3 is 9.88 Å². The topological polar surface area (TPSA) is 88.9 Å². The van der Waals surface area contributed by atoms with Crippen LogP contribution in [0, 0.1) is 0 Å². The smallest absolute Gasteiger partial charge is 0.240 e. The monoisotopic (exact) mass is 399 g/mol. The summed E-state index contributed by atoms with van der Waals surface area (Å²) in [5, 5.41) is 3.29. The van der Waals surface area contributed by atoms with Gasteiger partial charge in [-0.2, -0.15) is 0 Å². The standard InChI is InChI=1S/C20H25N5O2S/c1-5-14(2)15-6-9-20(22-11-15)24-18-8-7-16(28(26,27)21-3)10-17(18)19-12-25(4)13-23-19/h6-14,21H,5H2,1-4H3,(H,22,24). The van der Waals surface area contributed by atoms with Crippen molar-refractivity contribution in [3.05, 3.63) is 54.6 Å². The fraction of sp³-hybridized carbons (Fsp3) is 0.300.